The van der Waals surface area contributed by atoms with E-state index in [1.54, 1.807) is 36.4 Å². The van der Waals surface area contributed by atoms with E-state index in [9.17, 15) is 13.2 Å². The van der Waals surface area contributed by atoms with Gasteiger partial charge in [0, 0.05) is 0 Å². The molecule has 0 aliphatic heterocycles. The summed E-state index contributed by atoms with van der Waals surface area (Å²) >= 11 is 1.80. The van der Waals surface area contributed by atoms with Crippen LogP contribution in [0.5, 0.6) is 0 Å². The molecule has 0 radical (unpaired) electrons. The van der Waals surface area contributed by atoms with Gasteiger partial charge in [-0.15, -0.1) is 0 Å². The van der Waals surface area contributed by atoms with Gasteiger partial charge in [-0.2, -0.15) is 13.2 Å². The molecule has 1 heterocycles. The Morgan fingerprint density at radius 1 is 1.31 bits per heavy atom. The van der Waals surface area contributed by atoms with Crippen molar-refractivity contribution in [2.45, 2.75) is 20.0 Å². The summed E-state index contributed by atoms with van der Waals surface area (Å²) in [4.78, 5) is 3.47. The summed E-state index contributed by atoms with van der Waals surface area (Å²) in [5.41, 5.74) is 0.598. The van der Waals surface area contributed by atoms with E-state index in [2.05, 4.69) is 4.98 Å². The summed E-state index contributed by atoms with van der Waals surface area (Å²) in [6.07, 6.45) is -4.35. The minimum atomic E-state index is -4.35. The number of rotatable bonds is 0. The van der Waals surface area contributed by atoms with Gasteiger partial charge < -0.3 is 0 Å². The summed E-state index contributed by atoms with van der Waals surface area (Å²) in [5.74, 6) is 0. The largest absolute Gasteiger partial charge is 0.433 e. The van der Waals surface area contributed by atoms with Crippen LogP contribution in [-0.2, 0) is 6.18 Å². The molecule has 5 heteroatoms. The minimum absolute atomic E-state index is 0.407. The molecule has 0 spiro atoms. The molecule has 0 saturated heterocycles. The van der Waals surface area contributed by atoms with Crippen molar-refractivity contribution >= 4 is 22.6 Å². The number of halogens is 4. The van der Waals surface area contributed by atoms with Crippen LogP contribution in [0.15, 0.2) is 6.07 Å². The van der Waals surface area contributed by atoms with Gasteiger partial charge >= 0.3 is 6.18 Å². The number of pyridine rings is 1. The molecule has 13 heavy (non-hydrogen) atoms. The molecule has 0 N–H and O–H groups in total. The molecule has 0 aliphatic rings. The number of hydrogen-bond acceptors (Lipinski definition) is 1. The Morgan fingerprint density at radius 3 is 2.23 bits per heavy atom. The van der Waals surface area contributed by atoms with Crippen LogP contribution in [0.3, 0.4) is 0 Å². The maximum atomic E-state index is 12.2. The molecule has 0 aliphatic carbocycles. The molecule has 0 atom stereocenters. The number of nitrogens with zero attached hydrogens (tertiary/aromatic N) is 1. The quantitative estimate of drug-likeness (QED) is 0.529. The van der Waals surface area contributed by atoms with E-state index in [0.717, 1.165) is 11.6 Å². The van der Waals surface area contributed by atoms with E-state index in [1.807, 2.05) is 0 Å². The Bertz CT molecular complexity index is 310. The highest BCUT2D eigenvalue weighted by molar-refractivity contribution is 14.1. The molecule has 1 aromatic rings. The summed E-state index contributed by atoms with van der Waals surface area (Å²) < 4.78 is 37.0. The Hall–Kier alpha value is -0.330. The second-order valence-corrected chi connectivity index (χ2v) is 3.76. The lowest BCUT2D eigenvalue weighted by Gasteiger charge is -2.09. The van der Waals surface area contributed by atoms with Crippen LogP contribution in [0.1, 0.15) is 16.8 Å². The van der Waals surface area contributed by atoms with E-state index < -0.39 is 11.9 Å². The van der Waals surface area contributed by atoms with Gasteiger partial charge in [0.15, 0.2) is 0 Å². The lowest BCUT2D eigenvalue weighted by molar-refractivity contribution is -0.141. The Labute approximate surface area is 87.5 Å². The van der Waals surface area contributed by atoms with Gasteiger partial charge in [0.1, 0.15) is 9.39 Å². The van der Waals surface area contributed by atoms with Crippen molar-refractivity contribution in [2.24, 2.45) is 0 Å². The summed E-state index contributed by atoms with van der Waals surface area (Å²) in [6.45, 7) is 3.40. The SMILES string of the molecule is Cc1cc(C(F)(F)F)nc(I)c1C. The first-order chi connectivity index (χ1) is 5.82. The number of hydrogen-bond donors (Lipinski definition) is 0. The molecular weight excluding hydrogens is 294 g/mol. The van der Waals surface area contributed by atoms with Gasteiger partial charge in [0.25, 0.3) is 0 Å². The van der Waals surface area contributed by atoms with E-state index in [4.69, 9.17) is 0 Å². The summed E-state index contributed by atoms with van der Waals surface area (Å²) in [5, 5.41) is 0. The maximum absolute atomic E-state index is 12.2. The first kappa shape index (κ1) is 10.7. The first-order valence-corrected chi connectivity index (χ1v) is 4.61. The Kier molecular flexibility index (Phi) is 2.84. The van der Waals surface area contributed by atoms with Gasteiger partial charge in [-0.25, -0.2) is 4.98 Å². The molecular formula is C8H7F3IN. The average molecular weight is 301 g/mol. The van der Waals surface area contributed by atoms with Crippen molar-refractivity contribution in [3.05, 3.63) is 26.6 Å². The molecule has 72 valence electrons. The van der Waals surface area contributed by atoms with E-state index in [1.165, 1.54) is 0 Å². The Balaban J connectivity index is 3.29. The standard InChI is InChI=1S/C8H7F3IN/c1-4-3-6(8(9,10)11)13-7(12)5(4)2/h3H,1-2H3. The zero-order valence-corrected chi connectivity index (χ0v) is 9.19. The number of alkyl halides is 3. The number of aromatic nitrogens is 1. The van der Waals surface area contributed by atoms with Crippen molar-refractivity contribution in [1.82, 2.24) is 4.98 Å². The average Bonchev–Trinajstić information content (AvgIpc) is 1.97. The molecule has 1 nitrogen and oxygen atoms in total. The highest BCUT2D eigenvalue weighted by Gasteiger charge is 2.33. The summed E-state index contributed by atoms with van der Waals surface area (Å²) in [7, 11) is 0. The minimum Gasteiger partial charge on any atom is -0.237 e. The highest BCUT2D eigenvalue weighted by atomic mass is 127. The smallest absolute Gasteiger partial charge is 0.237 e. The fourth-order valence-electron chi connectivity index (χ4n) is 0.843. The van der Waals surface area contributed by atoms with Gasteiger partial charge in [-0.1, -0.05) is 0 Å². The van der Waals surface area contributed by atoms with Crippen LogP contribution in [0, 0.1) is 17.5 Å². The highest BCUT2D eigenvalue weighted by Crippen LogP contribution is 2.29. The molecule has 0 aromatic carbocycles. The van der Waals surface area contributed by atoms with Crippen molar-refractivity contribution in [2.75, 3.05) is 0 Å². The molecule has 0 amide bonds. The summed E-state index contributed by atoms with van der Waals surface area (Å²) in [6, 6.07) is 1.07. The molecule has 1 aromatic heterocycles. The predicted molar refractivity (Wildman–Crippen MR) is 51.4 cm³/mol. The van der Waals surface area contributed by atoms with E-state index in [-0.39, 0.29) is 0 Å². The second kappa shape index (κ2) is 3.43. The number of aryl methyl sites for hydroxylation is 1. The lowest BCUT2D eigenvalue weighted by atomic mass is 10.1. The van der Waals surface area contributed by atoms with Gasteiger partial charge in [-0.05, 0) is 53.6 Å². The second-order valence-electron chi connectivity index (χ2n) is 2.74. The molecule has 0 fully saturated rings. The van der Waals surface area contributed by atoms with E-state index in [0.29, 0.717) is 9.26 Å². The third-order valence-corrected chi connectivity index (χ3v) is 2.81. The van der Waals surface area contributed by atoms with Crippen LogP contribution >= 0.6 is 22.6 Å². The van der Waals surface area contributed by atoms with Gasteiger partial charge in [0.05, 0.1) is 0 Å². The predicted octanol–water partition coefficient (Wildman–Crippen LogP) is 3.32. The molecule has 1 rings (SSSR count). The van der Waals surface area contributed by atoms with Crippen molar-refractivity contribution in [3.63, 3.8) is 0 Å². The van der Waals surface area contributed by atoms with Crippen LogP contribution in [0.25, 0.3) is 0 Å². The normalized spacial score (nSPS) is 11.8. The zero-order chi connectivity index (χ0) is 10.2. The van der Waals surface area contributed by atoms with Crippen molar-refractivity contribution < 1.29 is 13.2 Å². The van der Waals surface area contributed by atoms with Crippen LogP contribution < -0.4 is 0 Å². The van der Waals surface area contributed by atoms with Crippen molar-refractivity contribution in [3.8, 4) is 0 Å². The Morgan fingerprint density at radius 2 is 1.85 bits per heavy atom. The molecule has 0 unspecified atom stereocenters. The molecule has 0 saturated carbocycles. The third-order valence-electron chi connectivity index (χ3n) is 1.76. The third kappa shape index (κ3) is 2.32. The molecule has 0 bridgehead atoms. The maximum Gasteiger partial charge on any atom is 0.433 e. The van der Waals surface area contributed by atoms with Crippen LogP contribution in [0.2, 0.25) is 0 Å². The monoisotopic (exact) mass is 301 g/mol. The zero-order valence-electron chi connectivity index (χ0n) is 7.04. The fraction of sp³-hybridized carbons (Fsp3) is 0.375. The van der Waals surface area contributed by atoms with Crippen LogP contribution in [-0.4, -0.2) is 4.98 Å². The van der Waals surface area contributed by atoms with Gasteiger partial charge in [-0.3, -0.25) is 0 Å². The van der Waals surface area contributed by atoms with Crippen molar-refractivity contribution in [1.29, 1.82) is 0 Å². The topological polar surface area (TPSA) is 12.9 Å². The van der Waals surface area contributed by atoms with Crippen LogP contribution in [0.4, 0.5) is 13.2 Å². The lowest BCUT2D eigenvalue weighted by Crippen LogP contribution is -2.10. The fourth-order valence-corrected chi connectivity index (χ4v) is 1.53. The van der Waals surface area contributed by atoms with Gasteiger partial charge in [0.2, 0.25) is 0 Å². The first-order valence-electron chi connectivity index (χ1n) is 3.53. The van der Waals surface area contributed by atoms with E-state index >= 15 is 0 Å².